The van der Waals surface area contributed by atoms with Crippen molar-refractivity contribution in [3.63, 3.8) is 0 Å². The van der Waals surface area contributed by atoms with E-state index in [2.05, 4.69) is 35.8 Å². The zero-order valence-electron chi connectivity index (χ0n) is 13.6. The molecule has 0 saturated carbocycles. The number of benzene rings is 1. The predicted octanol–water partition coefficient (Wildman–Crippen LogP) is 4.16. The fourth-order valence-electron chi connectivity index (χ4n) is 2.73. The van der Waals surface area contributed by atoms with Crippen molar-refractivity contribution in [1.29, 1.82) is 0 Å². The summed E-state index contributed by atoms with van der Waals surface area (Å²) >= 11 is 9.19. The maximum atomic E-state index is 12.9. The summed E-state index contributed by atoms with van der Waals surface area (Å²) in [4.78, 5) is 2.82. The minimum atomic E-state index is -4.11. The highest BCUT2D eigenvalue weighted by Gasteiger charge is 2.25. The molecule has 0 unspecified atom stereocenters. The molecule has 2 N–H and O–H groups in total. The van der Waals surface area contributed by atoms with Crippen LogP contribution in [0.4, 0.5) is 14.5 Å². The van der Waals surface area contributed by atoms with Crippen LogP contribution >= 0.6 is 27.5 Å². The number of hydrogen-bond acceptors (Lipinski definition) is 4. The number of nitrogens with zero attached hydrogens (tertiary/aromatic N) is 4. The van der Waals surface area contributed by atoms with E-state index in [4.69, 9.17) is 11.6 Å². The van der Waals surface area contributed by atoms with Crippen LogP contribution in [-0.4, -0.2) is 33.0 Å². The molecule has 0 fully saturated rings. The predicted molar refractivity (Wildman–Crippen MR) is 102 cm³/mol. The van der Waals surface area contributed by atoms with Gasteiger partial charge in [0.05, 0.1) is 16.7 Å². The molecule has 0 atom stereocenters. The lowest BCUT2D eigenvalue weighted by Gasteiger charge is -2.08. The molecule has 8 nitrogen and oxygen atoms in total. The van der Waals surface area contributed by atoms with E-state index in [1.165, 1.54) is 10.9 Å². The van der Waals surface area contributed by atoms with Gasteiger partial charge in [-0.1, -0.05) is 11.6 Å². The monoisotopic (exact) mass is 490 g/mol. The summed E-state index contributed by atoms with van der Waals surface area (Å²) in [6, 6.07) is 4.81. The number of fused-ring (bicyclic) bond motifs is 1. The van der Waals surface area contributed by atoms with Gasteiger partial charge in [0.2, 0.25) is 0 Å². The van der Waals surface area contributed by atoms with Gasteiger partial charge in [-0.2, -0.15) is 23.7 Å². The van der Waals surface area contributed by atoms with E-state index in [0.29, 0.717) is 26.3 Å². The Labute approximate surface area is 170 Å². The molecule has 1 aromatic carbocycles. The minimum Gasteiger partial charge on any atom is -0.358 e. The van der Waals surface area contributed by atoms with E-state index in [-0.39, 0.29) is 15.2 Å². The molecule has 0 aliphatic rings. The molecule has 3 aromatic heterocycles. The molecule has 13 heteroatoms. The SMILES string of the molecule is O=S(=O)(Nc1cnn(C(F)F)c1Br)c1c[nH]c2c(-n3cccn3)c(Cl)ccc12. The van der Waals surface area contributed by atoms with Crippen molar-refractivity contribution in [2.45, 2.75) is 11.4 Å². The second-order valence-corrected chi connectivity index (χ2v) is 8.41. The highest BCUT2D eigenvalue weighted by molar-refractivity contribution is 9.10. The van der Waals surface area contributed by atoms with Crippen LogP contribution in [0.25, 0.3) is 16.6 Å². The van der Waals surface area contributed by atoms with Crippen molar-refractivity contribution in [2.24, 2.45) is 0 Å². The average molecular weight is 492 g/mol. The lowest BCUT2D eigenvalue weighted by Crippen LogP contribution is -2.13. The maximum Gasteiger partial charge on any atom is 0.334 e. The molecule has 4 aromatic rings. The lowest BCUT2D eigenvalue weighted by molar-refractivity contribution is 0.0542. The fourth-order valence-corrected chi connectivity index (χ4v) is 4.78. The Kier molecular flexibility index (Phi) is 4.63. The fraction of sp³-hybridized carbons (Fsp3) is 0.0667. The number of halogens is 4. The highest BCUT2D eigenvalue weighted by atomic mass is 79.9. The van der Waals surface area contributed by atoms with Crippen LogP contribution in [0.15, 0.2) is 52.5 Å². The van der Waals surface area contributed by atoms with Crippen LogP contribution in [0.2, 0.25) is 5.02 Å². The summed E-state index contributed by atoms with van der Waals surface area (Å²) in [5.41, 5.74) is 0.826. The molecule has 3 heterocycles. The third kappa shape index (κ3) is 3.06. The van der Waals surface area contributed by atoms with Crippen molar-refractivity contribution in [2.75, 3.05) is 4.72 Å². The zero-order chi connectivity index (χ0) is 20.1. The molecule has 146 valence electrons. The number of hydrogen-bond donors (Lipinski definition) is 2. The largest absolute Gasteiger partial charge is 0.358 e. The van der Waals surface area contributed by atoms with E-state index in [1.807, 2.05) is 0 Å². The Morgan fingerprint density at radius 1 is 1.29 bits per heavy atom. The smallest absolute Gasteiger partial charge is 0.334 e. The average Bonchev–Trinajstić information content (AvgIpc) is 3.35. The van der Waals surface area contributed by atoms with Crippen LogP contribution in [0, 0.1) is 0 Å². The van der Waals surface area contributed by atoms with Crippen LogP contribution in [0.3, 0.4) is 0 Å². The summed E-state index contributed by atoms with van der Waals surface area (Å²) in [7, 11) is -4.11. The number of sulfonamides is 1. The first-order valence-corrected chi connectivity index (χ1v) is 10.3. The van der Waals surface area contributed by atoms with Gasteiger partial charge in [-0.15, -0.1) is 0 Å². The van der Waals surface area contributed by atoms with Gasteiger partial charge in [-0.3, -0.25) is 4.72 Å². The molecule has 4 rings (SSSR count). The molecule has 0 spiro atoms. The summed E-state index contributed by atoms with van der Waals surface area (Å²) in [6.45, 7) is -2.92. The van der Waals surface area contributed by atoms with Gasteiger partial charge < -0.3 is 4.98 Å². The number of anilines is 1. The van der Waals surface area contributed by atoms with Gasteiger partial charge in [0.25, 0.3) is 10.0 Å². The Morgan fingerprint density at radius 2 is 2.07 bits per heavy atom. The first-order chi connectivity index (χ1) is 13.3. The zero-order valence-corrected chi connectivity index (χ0v) is 16.8. The van der Waals surface area contributed by atoms with Crippen LogP contribution in [0.1, 0.15) is 6.55 Å². The van der Waals surface area contributed by atoms with E-state index >= 15 is 0 Å². The maximum absolute atomic E-state index is 12.9. The molecule has 0 bridgehead atoms. The van der Waals surface area contributed by atoms with Gasteiger partial charge in [-0.25, -0.2) is 13.1 Å². The number of H-pyrrole nitrogens is 1. The molecule has 0 aliphatic carbocycles. The molecular formula is C15H10BrClF2N6O2S. The molecule has 0 saturated heterocycles. The summed E-state index contributed by atoms with van der Waals surface area (Å²) < 4.78 is 55.3. The number of rotatable bonds is 5. The minimum absolute atomic E-state index is 0.0794. The Hall–Kier alpha value is -2.44. The molecule has 0 aliphatic heterocycles. The van der Waals surface area contributed by atoms with E-state index < -0.39 is 16.6 Å². The first kappa shape index (κ1) is 18.9. The number of aromatic amines is 1. The number of nitrogens with one attached hydrogen (secondary N) is 2. The van der Waals surface area contributed by atoms with Gasteiger partial charge in [0.1, 0.15) is 20.9 Å². The van der Waals surface area contributed by atoms with Crippen molar-refractivity contribution >= 4 is 54.1 Å². The highest BCUT2D eigenvalue weighted by Crippen LogP contribution is 2.34. The van der Waals surface area contributed by atoms with E-state index in [9.17, 15) is 17.2 Å². The normalized spacial score (nSPS) is 12.2. The van der Waals surface area contributed by atoms with Gasteiger partial charge in [0.15, 0.2) is 0 Å². The molecule has 0 amide bonds. The van der Waals surface area contributed by atoms with Crippen molar-refractivity contribution in [3.8, 4) is 5.69 Å². The second kappa shape index (κ2) is 6.87. The third-order valence-electron chi connectivity index (χ3n) is 3.93. The van der Waals surface area contributed by atoms with Crippen molar-refractivity contribution in [3.05, 3.63) is 52.6 Å². The summed E-state index contributed by atoms with van der Waals surface area (Å²) in [5, 5.41) is 8.32. The summed E-state index contributed by atoms with van der Waals surface area (Å²) in [5.74, 6) is 0. The lowest BCUT2D eigenvalue weighted by atomic mass is 10.2. The Bertz CT molecular complexity index is 1270. The van der Waals surface area contributed by atoms with Crippen LogP contribution in [0.5, 0.6) is 0 Å². The van der Waals surface area contributed by atoms with Crippen molar-refractivity contribution < 1.29 is 17.2 Å². The number of aromatic nitrogens is 5. The summed E-state index contributed by atoms with van der Waals surface area (Å²) in [6.07, 6.45) is 5.52. The third-order valence-corrected chi connectivity index (χ3v) is 6.43. The number of alkyl halides is 2. The van der Waals surface area contributed by atoms with E-state index in [1.54, 1.807) is 30.6 Å². The molecule has 28 heavy (non-hydrogen) atoms. The second-order valence-electron chi connectivity index (χ2n) is 5.60. The first-order valence-electron chi connectivity index (χ1n) is 7.63. The van der Waals surface area contributed by atoms with Gasteiger partial charge in [0, 0.05) is 24.0 Å². The van der Waals surface area contributed by atoms with E-state index in [0.717, 1.165) is 6.20 Å². The molecule has 0 radical (unpaired) electrons. The Balaban J connectivity index is 1.80. The van der Waals surface area contributed by atoms with Gasteiger partial charge in [-0.05, 0) is 34.1 Å². The topological polar surface area (TPSA) is 97.6 Å². The Morgan fingerprint density at radius 3 is 2.71 bits per heavy atom. The van der Waals surface area contributed by atoms with Crippen LogP contribution < -0.4 is 4.72 Å². The molecular weight excluding hydrogens is 482 g/mol. The van der Waals surface area contributed by atoms with Crippen LogP contribution in [-0.2, 0) is 10.0 Å². The quantitative estimate of drug-likeness (QED) is 0.438. The van der Waals surface area contributed by atoms with Gasteiger partial charge >= 0.3 is 6.55 Å². The van der Waals surface area contributed by atoms with Crippen molar-refractivity contribution in [1.82, 2.24) is 24.5 Å². The standard InChI is InChI=1S/C15H10BrClF2N6O2S/c16-14-10(6-22-25(14)15(18)19)23-28(26,27)11-7-20-12-8(11)2-3-9(17)13(12)24-5-1-4-21-24/h1-7,15,20,23H.